The summed E-state index contributed by atoms with van der Waals surface area (Å²) in [5.74, 6) is 1.41. The normalized spacial score (nSPS) is 24.6. The highest BCUT2D eigenvalue weighted by Gasteiger charge is 2.20. The number of hydrogen-bond acceptors (Lipinski definition) is 3. The van der Waals surface area contributed by atoms with Crippen LogP contribution >= 0.6 is 11.6 Å². The van der Waals surface area contributed by atoms with Gasteiger partial charge < -0.3 is 14.8 Å². The molecule has 0 amide bonds. The van der Waals surface area contributed by atoms with Crippen molar-refractivity contribution >= 4 is 11.6 Å². The lowest BCUT2D eigenvalue weighted by molar-refractivity contribution is 0.141. The fourth-order valence-corrected chi connectivity index (χ4v) is 3.04. The third-order valence-corrected chi connectivity index (χ3v) is 4.24. The monoisotopic (exact) mass is 281 g/mol. The third kappa shape index (κ3) is 3.22. The van der Waals surface area contributed by atoms with Crippen molar-refractivity contribution in [2.24, 2.45) is 0 Å². The molecule has 0 aromatic heterocycles. The zero-order chi connectivity index (χ0) is 13.1. The average molecular weight is 282 g/mol. The van der Waals surface area contributed by atoms with Gasteiger partial charge in [0, 0.05) is 6.42 Å². The summed E-state index contributed by atoms with van der Waals surface area (Å²) in [6.45, 7) is 3.65. The summed E-state index contributed by atoms with van der Waals surface area (Å²) in [7, 11) is 0. The van der Waals surface area contributed by atoms with Crippen molar-refractivity contribution in [2.45, 2.75) is 31.3 Å². The molecule has 0 radical (unpaired) electrons. The Labute approximate surface area is 119 Å². The van der Waals surface area contributed by atoms with Gasteiger partial charge in [0.15, 0.2) is 0 Å². The van der Waals surface area contributed by atoms with Gasteiger partial charge in [-0.2, -0.15) is 0 Å². The standard InChI is InChI=1S/C15H20ClNO2/c16-14-9-12(11-3-6-17-7-4-11)1-2-15(14)19-13-5-8-18-10-13/h1-2,9,11,13,17H,3-8,10H2. The van der Waals surface area contributed by atoms with Crippen molar-refractivity contribution in [1.82, 2.24) is 5.32 Å². The molecule has 19 heavy (non-hydrogen) atoms. The van der Waals surface area contributed by atoms with Gasteiger partial charge in [-0.05, 0) is 49.5 Å². The van der Waals surface area contributed by atoms with Crippen LogP contribution in [0.4, 0.5) is 0 Å². The molecule has 3 rings (SSSR count). The van der Waals surface area contributed by atoms with E-state index in [-0.39, 0.29) is 6.10 Å². The van der Waals surface area contributed by atoms with E-state index in [2.05, 4.69) is 17.4 Å². The van der Waals surface area contributed by atoms with Gasteiger partial charge in [0.2, 0.25) is 0 Å². The van der Waals surface area contributed by atoms with E-state index in [0.29, 0.717) is 12.5 Å². The molecule has 1 aromatic carbocycles. The highest BCUT2D eigenvalue weighted by atomic mass is 35.5. The van der Waals surface area contributed by atoms with E-state index in [9.17, 15) is 0 Å². The Hall–Kier alpha value is -0.770. The van der Waals surface area contributed by atoms with Crippen LogP contribution in [0.3, 0.4) is 0 Å². The van der Waals surface area contributed by atoms with Crippen LogP contribution in [0.15, 0.2) is 18.2 Å². The molecule has 0 bridgehead atoms. The van der Waals surface area contributed by atoms with Crippen LogP contribution < -0.4 is 10.1 Å². The number of halogens is 1. The summed E-state index contributed by atoms with van der Waals surface area (Å²) in [4.78, 5) is 0. The first-order valence-electron chi connectivity index (χ1n) is 7.07. The molecule has 0 spiro atoms. The van der Waals surface area contributed by atoms with Crippen molar-refractivity contribution in [3.63, 3.8) is 0 Å². The zero-order valence-corrected chi connectivity index (χ0v) is 11.8. The Balaban J connectivity index is 1.69. The fraction of sp³-hybridized carbons (Fsp3) is 0.600. The smallest absolute Gasteiger partial charge is 0.138 e. The van der Waals surface area contributed by atoms with Crippen LogP contribution in [-0.2, 0) is 4.74 Å². The zero-order valence-electron chi connectivity index (χ0n) is 11.0. The maximum absolute atomic E-state index is 6.35. The Morgan fingerprint density at radius 1 is 1.21 bits per heavy atom. The van der Waals surface area contributed by atoms with Crippen LogP contribution in [0.1, 0.15) is 30.7 Å². The number of benzene rings is 1. The number of nitrogens with one attached hydrogen (secondary N) is 1. The Morgan fingerprint density at radius 2 is 2.05 bits per heavy atom. The summed E-state index contributed by atoms with van der Waals surface area (Å²) in [5.41, 5.74) is 1.33. The molecule has 2 fully saturated rings. The lowest BCUT2D eigenvalue weighted by Gasteiger charge is -2.23. The minimum atomic E-state index is 0.155. The first-order chi connectivity index (χ1) is 9.33. The molecule has 2 saturated heterocycles. The van der Waals surface area contributed by atoms with Gasteiger partial charge in [0.05, 0.1) is 18.2 Å². The molecular weight excluding hydrogens is 262 g/mol. The lowest BCUT2D eigenvalue weighted by atomic mass is 9.90. The topological polar surface area (TPSA) is 30.5 Å². The van der Waals surface area contributed by atoms with Crippen LogP contribution in [-0.4, -0.2) is 32.4 Å². The molecule has 2 heterocycles. The average Bonchev–Trinajstić information content (AvgIpc) is 2.95. The molecule has 1 unspecified atom stereocenters. The minimum absolute atomic E-state index is 0.155. The first kappa shape index (κ1) is 13.2. The maximum Gasteiger partial charge on any atom is 0.138 e. The Morgan fingerprint density at radius 3 is 2.74 bits per heavy atom. The van der Waals surface area contributed by atoms with E-state index >= 15 is 0 Å². The number of rotatable bonds is 3. The molecule has 4 heteroatoms. The van der Waals surface area contributed by atoms with E-state index in [1.54, 1.807) is 0 Å². The first-order valence-corrected chi connectivity index (χ1v) is 7.45. The molecule has 2 aliphatic heterocycles. The maximum atomic E-state index is 6.35. The number of piperidine rings is 1. The summed E-state index contributed by atoms with van der Waals surface area (Å²) in [6, 6.07) is 6.24. The second-order valence-corrected chi connectivity index (χ2v) is 5.72. The highest BCUT2D eigenvalue weighted by molar-refractivity contribution is 6.32. The molecule has 2 aliphatic rings. The number of ether oxygens (including phenoxy) is 2. The predicted molar refractivity (Wildman–Crippen MR) is 76.1 cm³/mol. The van der Waals surface area contributed by atoms with Gasteiger partial charge in [0.25, 0.3) is 0 Å². The number of hydrogen-bond donors (Lipinski definition) is 1. The molecule has 3 nitrogen and oxygen atoms in total. The third-order valence-electron chi connectivity index (χ3n) is 3.95. The van der Waals surface area contributed by atoms with Crippen LogP contribution in [0.5, 0.6) is 5.75 Å². The quantitative estimate of drug-likeness (QED) is 0.924. The predicted octanol–water partition coefficient (Wildman–Crippen LogP) is 2.97. The minimum Gasteiger partial charge on any atom is -0.486 e. The SMILES string of the molecule is Clc1cc(C2CCNCC2)ccc1OC1CCOC1. The van der Waals surface area contributed by atoms with Gasteiger partial charge in [-0.3, -0.25) is 0 Å². The van der Waals surface area contributed by atoms with Crippen LogP contribution in [0, 0.1) is 0 Å². The van der Waals surface area contributed by atoms with Crippen LogP contribution in [0.2, 0.25) is 5.02 Å². The summed E-state index contributed by atoms with van der Waals surface area (Å²) >= 11 is 6.35. The van der Waals surface area contributed by atoms with E-state index < -0.39 is 0 Å². The second-order valence-electron chi connectivity index (χ2n) is 5.32. The van der Waals surface area contributed by atoms with Crippen molar-refractivity contribution in [1.29, 1.82) is 0 Å². The van der Waals surface area contributed by atoms with E-state index in [1.165, 1.54) is 18.4 Å². The molecule has 0 saturated carbocycles. The van der Waals surface area contributed by atoms with Crippen LogP contribution in [0.25, 0.3) is 0 Å². The highest BCUT2D eigenvalue weighted by Crippen LogP contribution is 2.33. The fourth-order valence-electron chi connectivity index (χ4n) is 2.81. The summed E-state index contributed by atoms with van der Waals surface area (Å²) in [5, 5.41) is 4.11. The van der Waals surface area contributed by atoms with Gasteiger partial charge >= 0.3 is 0 Å². The Kier molecular flexibility index (Phi) is 4.26. The molecule has 0 aliphatic carbocycles. The van der Waals surface area contributed by atoms with Crippen molar-refractivity contribution in [3.05, 3.63) is 28.8 Å². The van der Waals surface area contributed by atoms with E-state index in [1.807, 2.05) is 6.07 Å². The molecule has 1 aromatic rings. The van der Waals surface area contributed by atoms with E-state index in [4.69, 9.17) is 21.1 Å². The van der Waals surface area contributed by atoms with Crippen molar-refractivity contribution < 1.29 is 9.47 Å². The summed E-state index contributed by atoms with van der Waals surface area (Å²) < 4.78 is 11.2. The Bertz CT molecular complexity index is 426. The second kappa shape index (κ2) is 6.12. The molecule has 1 atom stereocenters. The van der Waals surface area contributed by atoms with Gasteiger partial charge in [0.1, 0.15) is 11.9 Å². The van der Waals surface area contributed by atoms with Crippen molar-refractivity contribution in [2.75, 3.05) is 26.3 Å². The van der Waals surface area contributed by atoms with Crippen molar-refractivity contribution in [3.8, 4) is 5.75 Å². The van der Waals surface area contributed by atoms with E-state index in [0.717, 1.165) is 36.9 Å². The molecule has 1 N–H and O–H groups in total. The largest absolute Gasteiger partial charge is 0.486 e. The molecular formula is C15H20ClNO2. The summed E-state index contributed by atoms with van der Waals surface area (Å²) in [6.07, 6.45) is 3.48. The van der Waals surface area contributed by atoms with Gasteiger partial charge in [-0.15, -0.1) is 0 Å². The van der Waals surface area contributed by atoms with Gasteiger partial charge in [-0.25, -0.2) is 0 Å². The lowest BCUT2D eigenvalue weighted by Crippen LogP contribution is -2.26. The van der Waals surface area contributed by atoms with Gasteiger partial charge in [-0.1, -0.05) is 17.7 Å². The molecule has 104 valence electrons.